The quantitative estimate of drug-likeness (QED) is 0.192. The van der Waals surface area contributed by atoms with Crippen molar-refractivity contribution in [2.75, 3.05) is 39.5 Å². The molecule has 0 aliphatic carbocycles. The van der Waals surface area contributed by atoms with Gasteiger partial charge in [-0.2, -0.15) is 0 Å². The first kappa shape index (κ1) is 27.3. The van der Waals surface area contributed by atoms with Gasteiger partial charge in [-0.25, -0.2) is 0 Å². The summed E-state index contributed by atoms with van der Waals surface area (Å²) in [6, 6.07) is 7.86. The molecule has 1 unspecified atom stereocenters. The van der Waals surface area contributed by atoms with Crippen LogP contribution < -0.4 is 9.47 Å². The van der Waals surface area contributed by atoms with Crippen LogP contribution in [-0.2, 0) is 4.74 Å². The third-order valence-electron chi connectivity index (χ3n) is 7.33. The van der Waals surface area contributed by atoms with Gasteiger partial charge in [-0.05, 0) is 57.5 Å². The molecule has 3 rings (SSSR count). The van der Waals surface area contributed by atoms with Gasteiger partial charge in [-0.3, -0.25) is 0 Å². The van der Waals surface area contributed by atoms with Crippen LogP contribution in [0.2, 0.25) is 0 Å². The average molecular weight is 474 g/mol. The van der Waals surface area contributed by atoms with E-state index in [1.165, 1.54) is 122 Å². The Labute approximate surface area is 209 Å². The first-order chi connectivity index (χ1) is 16.9. The molecule has 194 valence electrons. The zero-order valence-electron chi connectivity index (χ0n) is 21.8. The van der Waals surface area contributed by atoms with Gasteiger partial charge in [-0.15, -0.1) is 0 Å². The van der Waals surface area contributed by atoms with E-state index in [-0.39, 0.29) is 6.10 Å². The van der Waals surface area contributed by atoms with E-state index in [4.69, 9.17) is 14.2 Å². The van der Waals surface area contributed by atoms with Crippen molar-refractivity contribution >= 4 is 0 Å². The fraction of sp³-hybridized carbons (Fsp3) is 0.800. The Hall–Kier alpha value is -1.26. The van der Waals surface area contributed by atoms with Crippen molar-refractivity contribution < 1.29 is 14.2 Å². The minimum atomic E-state index is 0.0133. The van der Waals surface area contributed by atoms with Gasteiger partial charge in [0.25, 0.3) is 0 Å². The molecule has 0 spiro atoms. The molecule has 0 N–H and O–H groups in total. The predicted molar refractivity (Wildman–Crippen MR) is 142 cm³/mol. The van der Waals surface area contributed by atoms with E-state index in [1.54, 1.807) is 0 Å². The van der Waals surface area contributed by atoms with E-state index in [9.17, 15) is 0 Å². The molecule has 2 heterocycles. The largest absolute Gasteiger partial charge is 0.486 e. The SMILES string of the molecule is c1ccc2c(c1)OCC(COCCCCCCCCCCCCCCCCN1CCCCC1)O2. The van der Waals surface area contributed by atoms with Gasteiger partial charge in [0, 0.05) is 6.61 Å². The number of likely N-dealkylation sites (tertiary alicyclic amines) is 1. The Balaban J connectivity index is 0.987. The van der Waals surface area contributed by atoms with Crippen LogP contribution in [0.1, 0.15) is 109 Å². The Morgan fingerprint density at radius 2 is 1.24 bits per heavy atom. The lowest BCUT2D eigenvalue weighted by atomic mass is 10.0. The van der Waals surface area contributed by atoms with Gasteiger partial charge in [0.15, 0.2) is 17.6 Å². The van der Waals surface area contributed by atoms with Crippen molar-refractivity contribution in [1.82, 2.24) is 4.90 Å². The van der Waals surface area contributed by atoms with Crippen LogP contribution in [0.15, 0.2) is 24.3 Å². The molecule has 4 heteroatoms. The zero-order valence-corrected chi connectivity index (χ0v) is 21.8. The van der Waals surface area contributed by atoms with Gasteiger partial charge in [0.1, 0.15) is 6.61 Å². The van der Waals surface area contributed by atoms with E-state index in [0.29, 0.717) is 13.2 Å². The second-order valence-electron chi connectivity index (χ2n) is 10.4. The summed E-state index contributed by atoms with van der Waals surface area (Å²) in [7, 11) is 0. The first-order valence-electron chi connectivity index (χ1n) is 14.6. The molecule has 1 aromatic rings. The number of piperidine rings is 1. The van der Waals surface area contributed by atoms with Gasteiger partial charge in [0.05, 0.1) is 6.61 Å². The number of nitrogens with zero attached hydrogens (tertiary/aromatic N) is 1. The third-order valence-corrected chi connectivity index (χ3v) is 7.33. The lowest BCUT2D eigenvalue weighted by Gasteiger charge is -2.26. The summed E-state index contributed by atoms with van der Waals surface area (Å²) in [6.45, 7) is 6.10. The van der Waals surface area contributed by atoms with Crippen LogP contribution in [0.25, 0.3) is 0 Å². The fourth-order valence-electron chi connectivity index (χ4n) is 5.20. The monoisotopic (exact) mass is 473 g/mol. The highest BCUT2D eigenvalue weighted by Gasteiger charge is 2.20. The highest BCUT2D eigenvalue weighted by molar-refractivity contribution is 5.40. The summed E-state index contributed by atoms with van der Waals surface area (Å²) < 4.78 is 17.5. The number of ether oxygens (including phenoxy) is 3. The van der Waals surface area contributed by atoms with Gasteiger partial charge in [0.2, 0.25) is 0 Å². The summed E-state index contributed by atoms with van der Waals surface area (Å²) in [5, 5.41) is 0. The van der Waals surface area contributed by atoms with Crippen molar-refractivity contribution in [2.45, 2.75) is 115 Å². The molecule has 0 amide bonds. The van der Waals surface area contributed by atoms with Gasteiger partial charge >= 0.3 is 0 Å². The summed E-state index contributed by atoms with van der Waals surface area (Å²) in [5.74, 6) is 1.67. The van der Waals surface area contributed by atoms with Crippen molar-refractivity contribution in [3.05, 3.63) is 24.3 Å². The molecule has 2 aliphatic heterocycles. The number of fused-ring (bicyclic) bond motifs is 1. The summed E-state index contributed by atoms with van der Waals surface area (Å²) in [5.41, 5.74) is 0. The van der Waals surface area contributed by atoms with E-state index in [2.05, 4.69) is 4.90 Å². The Morgan fingerprint density at radius 1 is 0.676 bits per heavy atom. The van der Waals surface area contributed by atoms with Crippen LogP contribution in [0, 0.1) is 0 Å². The zero-order chi connectivity index (χ0) is 23.5. The van der Waals surface area contributed by atoms with Crippen LogP contribution in [0.3, 0.4) is 0 Å². The summed E-state index contributed by atoms with van der Waals surface area (Å²) in [4.78, 5) is 2.68. The number of rotatable bonds is 19. The van der Waals surface area contributed by atoms with Crippen LogP contribution >= 0.6 is 0 Å². The number of benzene rings is 1. The molecule has 1 aromatic carbocycles. The molecule has 1 fully saturated rings. The van der Waals surface area contributed by atoms with Crippen molar-refractivity contribution in [3.8, 4) is 11.5 Å². The molecule has 1 atom stereocenters. The highest BCUT2D eigenvalue weighted by atomic mass is 16.6. The predicted octanol–water partition coefficient (Wildman–Crippen LogP) is 7.79. The maximum absolute atomic E-state index is 5.93. The fourth-order valence-corrected chi connectivity index (χ4v) is 5.20. The molecular formula is C30H51NO3. The minimum absolute atomic E-state index is 0.0133. The third kappa shape index (κ3) is 11.9. The first-order valence-corrected chi connectivity index (χ1v) is 14.6. The van der Waals surface area contributed by atoms with E-state index in [0.717, 1.165) is 24.5 Å². The lowest BCUT2D eigenvalue weighted by molar-refractivity contribution is 0.00778. The molecule has 34 heavy (non-hydrogen) atoms. The van der Waals surface area contributed by atoms with E-state index in [1.807, 2.05) is 24.3 Å². The smallest absolute Gasteiger partial charge is 0.161 e. The molecule has 0 aromatic heterocycles. The molecule has 0 saturated carbocycles. The molecule has 0 radical (unpaired) electrons. The van der Waals surface area contributed by atoms with E-state index < -0.39 is 0 Å². The summed E-state index contributed by atoms with van der Waals surface area (Å²) >= 11 is 0. The average Bonchev–Trinajstić information content (AvgIpc) is 2.88. The highest BCUT2D eigenvalue weighted by Crippen LogP contribution is 2.30. The maximum atomic E-state index is 5.93. The van der Waals surface area contributed by atoms with Crippen LogP contribution in [-0.4, -0.2) is 50.5 Å². The summed E-state index contributed by atoms with van der Waals surface area (Å²) in [6.07, 6.45) is 23.9. The maximum Gasteiger partial charge on any atom is 0.161 e. The van der Waals surface area contributed by atoms with Crippen molar-refractivity contribution in [1.29, 1.82) is 0 Å². The number of unbranched alkanes of at least 4 members (excludes halogenated alkanes) is 13. The Morgan fingerprint density at radius 3 is 1.88 bits per heavy atom. The topological polar surface area (TPSA) is 30.9 Å². The second-order valence-corrected chi connectivity index (χ2v) is 10.4. The molecule has 1 saturated heterocycles. The normalized spacial score (nSPS) is 18.3. The Kier molecular flexibility index (Phi) is 14.5. The van der Waals surface area contributed by atoms with Crippen molar-refractivity contribution in [2.24, 2.45) is 0 Å². The number of hydrogen-bond acceptors (Lipinski definition) is 4. The standard InChI is InChI=1S/C30H51NO3/c1(3-5-7-9-11-16-22-31-23-17-13-18-24-31)2-4-6-8-10-12-19-25-32-26-28-27-33-29-20-14-15-21-30(29)34-28/h14-15,20-21,28H,1-13,16-19,22-27H2. The Bertz CT molecular complexity index is 617. The van der Waals surface area contributed by atoms with Crippen LogP contribution in [0.4, 0.5) is 0 Å². The lowest BCUT2D eigenvalue weighted by Crippen LogP contribution is -2.33. The van der Waals surface area contributed by atoms with Crippen molar-refractivity contribution in [3.63, 3.8) is 0 Å². The van der Waals surface area contributed by atoms with Crippen LogP contribution in [0.5, 0.6) is 11.5 Å². The minimum Gasteiger partial charge on any atom is -0.486 e. The van der Waals surface area contributed by atoms with E-state index >= 15 is 0 Å². The van der Waals surface area contributed by atoms with Gasteiger partial charge < -0.3 is 19.1 Å². The molecular weight excluding hydrogens is 422 g/mol. The second kappa shape index (κ2) is 18.1. The number of hydrogen-bond donors (Lipinski definition) is 0. The molecule has 2 aliphatic rings. The number of para-hydroxylation sites is 2. The molecule has 0 bridgehead atoms. The molecule has 4 nitrogen and oxygen atoms in total. The van der Waals surface area contributed by atoms with Gasteiger partial charge in [-0.1, -0.05) is 95.6 Å².